The molecule has 0 saturated heterocycles. The van der Waals surface area contributed by atoms with Gasteiger partial charge in [-0.15, -0.1) is 0 Å². The van der Waals surface area contributed by atoms with E-state index >= 15 is 0 Å². The molecule has 18 heavy (non-hydrogen) atoms. The summed E-state index contributed by atoms with van der Waals surface area (Å²) in [6.45, 7) is 2.14. The summed E-state index contributed by atoms with van der Waals surface area (Å²) >= 11 is 0. The lowest BCUT2D eigenvalue weighted by Crippen LogP contribution is -2.14. The van der Waals surface area contributed by atoms with Crippen molar-refractivity contribution in [2.45, 2.75) is 43.9 Å². The molecule has 0 aliphatic carbocycles. The van der Waals surface area contributed by atoms with Crippen LogP contribution in [0.1, 0.15) is 38.2 Å². The summed E-state index contributed by atoms with van der Waals surface area (Å²) < 4.78 is 28.1. The molecular formula is C13H21NO3S. The lowest BCUT2D eigenvalue weighted by molar-refractivity contribution is 0.413. The third-order valence-corrected chi connectivity index (χ3v) is 3.89. The minimum Gasteiger partial charge on any atom is -0.497 e. The van der Waals surface area contributed by atoms with Gasteiger partial charge in [0.2, 0.25) is 10.0 Å². The largest absolute Gasteiger partial charge is 0.497 e. The van der Waals surface area contributed by atoms with Gasteiger partial charge in [0.05, 0.1) is 12.0 Å². The average molecular weight is 271 g/mol. The highest BCUT2D eigenvalue weighted by molar-refractivity contribution is 7.89. The maximum absolute atomic E-state index is 11.5. The van der Waals surface area contributed by atoms with Gasteiger partial charge in [-0.1, -0.05) is 26.2 Å². The van der Waals surface area contributed by atoms with E-state index in [0.29, 0.717) is 12.2 Å². The van der Waals surface area contributed by atoms with Gasteiger partial charge >= 0.3 is 0 Å². The van der Waals surface area contributed by atoms with Gasteiger partial charge < -0.3 is 4.74 Å². The Morgan fingerprint density at radius 1 is 1.22 bits per heavy atom. The molecule has 2 N–H and O–H groups in total. The van der Waals surface area contributed by atoms with Crippen LogP contribution in [0.4, 0.5) is 0 Å². The van der Waals surface area contributed by atoms with E-state index in [1.807, 2.05) is 0 Å². The summed E-state index contributed by atoms with van der Waals surface area (Å²) in [7, 11) is -2.09. The molecule has 0 unspecified atom stereocenters. The van der Waals surface area contributed by atoms with Crippen molar-refractivity contribution in [2.75, 3.05) is 7.11 Å². The van der Waals surface area contributed by atoms with Crippen LogP contribution in [0, 0.1) is 0 Å². The fraction of sp³-hybridized carbons (Fsp3) is 0.538. The topological polar surface area (TPSA) is 69.4 Å². The molecule has 0 spiro atoms. The van der Waals surface area contributed by atoms with Gasteiger partial charge in [0, 0.05) is 0 Å². The number of nitrogens with two attached hydrogens (primary N) is 1. The number of hydrogen-bond donors (Lipinski definition) is 1. The maximum atomic E-state index is 11.5. The Hall–Kier alpha value is -1.07. The minimum atomic E-state index is -3.66. The molecule has 0 bridgehead atoms. The summed E-state index contributed by atoms with van der Waals surface area (Å²) in [4.78, 5) is 0.208. The van der Waals surface area contributed by atoms with Crippen molar-refractivity contribution in [3.8, 4) is 5.75 Å². The van der Waals surface area contributed by atoms with Gasteiger partial charge in [0.25, 0.3) is 0 Å². The molecule has 0 atom stereocenters. The number of unbranched alkanes of at least 4 members (excludes halogenated alkanes) is 3. The normalized spacial score (nSPS) is 11.5. The van der Waals surface area contributed by atoms with Crippen LogP contribution < -0.4 is 9.88 Å². The lowest BCUT2D eigenvalue weighted by Gasteiger charge is -2.09. The molecule has 0 aliphatic heterocycles. The monoisotopic (exact) mass is 271 g/mol. The molecule has 0 fully saturated rings. The quantitative estimate of drug-likeness (QED) is 0.774. The van der Waals surface area contributed by atoms with Crippen molar-refractivity contribution in [1.29, 1.82) is 0 Å². The van der Waals surface area contributed by atoms with E-state index in [0.717, 1.165) is 31.2 Å². The van der Waals surface area contributed by atoms with Crippen molar-refractivity contribution < 1.29 is 13.2 Å². The SMILES string of the molecule is CCCCCCc1cc(OC)ccc1S(N)(=O)=O. The Bertz CT molecular complexity index is 483. The van der Waals surface area contributed by atoms with Gasteiger partial charge in [0.1, 0.15) is 5.75 Å². The zero-order valence-corrected chi connectivity index (χ0v) is 11.8. The zero-order valence-electron chi connectivity index (χ0n) is 11.0. The second kappa shape index (κ2) is 6.75. The third kappa shape index (κ3) is 4.31. The van der Waals surface area contributed by atoms with Crippen LogP contribution >= 0.6 is 0 Å². The first kappa shape index (κ1) is 15.0. The van der Waals surface area contributed by atoms with Crippen LogP contribution in [0.15, 0.2) is 23.1 Å². The van der Waals surface area contributed by atoms with Gasteiger partial charge in [-0.2, -0.15) is 0 Å². The van der Waals surface area contributed by atoms with E-state index in [2.05, 4.69) is 6.92 Å². The van der Waals surface area contributed by atoms with Crippen LogP contribution in [-0.2, 0) is 16.4 Å². The van der Waals surface area contributed by atoms with Gasteiger partial charge in [-0.05, 0) is 36.6 Å². The molecular weight excluding hydrogens is 250 g/mol. The van der Waals surface area contributed by atoms with Crippen molar-refractivity contribution in [2.24, 2.45) is 5.14 Å². The summed E-state index contributed by atoms with van der Waals surface area (Å²) in [5, 5.41) is 5.21. The van der Waals surface area contributed by atoms with Gasteiger partial charge in [-0.3, -0.25) is 0 Å². The second-order valence-corrected chi connectivity index (χ2v) is 5.86. The molecule has 4 nitrogen and oxygen atoms in total. The molecule has 0 heterocycles. The first-order chi connectivity index (χ1) is 8.49. The Morgan fingerprint density at radius 3 is 2.50 bits per heavy atom. The van der Waals surface area contributed by atoms with E-state index in [-0.39, 0.29) is 4.90 Å². The Kier molecular flexibility index (Phi) is 5.62. The van der Waals surface area contributed by atoms with Gasteiger partial charge in [0.15, 0.2) is 0 Å². The summed E-state index contributed by atoms with van der Waals surface area (Å²) in [6.07, 6.45) is 5.08. The highest BCUT2D eigenvalue weighted by atomic mass is 32.2. The number of sulfonamides is 1. The number of primary sulfonamides is 1. The van der Waals surface area contributed by atoms with Crippen LogP contribution in [0.2, 0.25) is 0 Å². The molecule has 0 aromatic heterocycles. The van der Waals surface area contributed by atoms with Gasteiger partial charge in [-0.25, -0.2) is 13.6 Å². The number of ether oxygens (including phenoxy) is 1. The Labute approximate surface area is 109 Å². The molecule has 102 valence electrons. The molecule has 0 radical (unpaired) electrons. The lowest BCUT2D eigenvalue weighted by atomic mass is 10.1. The molecule has 1 rings (SSSR count). The molecule has 1 aromatic rings. The summed E-state index contributed by atoms with van der Waals surface area (Å²) in [5.74, 6) is 0.660. The van der Waals surface area contributed by atoms with E-state index in [1.165, 1.54) is 6.07 Å². The van der Waals surface area contributed by atoms with E-state index < -0.39 is 10.0 Å². The molecule has 1 aromatic carbocycles. The summed E-state index contributed by atoms with van der Waals surface area (Å²) in [5.41, 5.74) is 0.743. The van der Waals surface area contributed by atoms with Crippen LogP contribution in [0.3, 0.4) is 0 Å². The molecule has 0 saturated carbocycles. The maximum Gasteiger partial charge on any atom is 0.238 e. The fourth-order valence-corrected chi connectivity index (χ4v) is 2.68. The van der Waals surface area contributed by atoms with Crippen molar-refractivity contribution in [1.82, 2.24) is 0 Å². The van der Waals surface area contributed by atoms with E-state index in [1.54, 1.807) is 19.2 Å². The summed E-state index contributed by atoms with van der Waals surface area (Å²) in [6, 6.07) is 4.89. The predicted molar refractivity (Wildman–Crippen MR) is 72.2 cm³/mol. The van der Waals surface area contributed by atoms with Crippen LogP contribution in [-0.4, -0.2) is 15.5 Å². The highest BCUT2D eigenvalue weighted by Gasteiger charge is 2.14. The number of rotatable bonds is 7. The number of benzene rings is 1. The predicted octanol–water partition coefficient (Wildman–Crippen LogP) is 2.47. The highest BCUT2D eigenvalue weighted by Crippen LogP contribution is 2.22. The first-order valence-corrected chi connectivity index (χ1v) is 7.73. The number of aryl methyl sites for hydroxylation is 1. The third-order valence-electron chi connectivity index (χ3n) is 2.87. The Morgan fingerprint density at radius 2 is 1.94 bits per heavy atom. The van der Waals surface area contributed by atoms with Crippen molar-refractivity contribution in [3.63, 3.8) is 0 Å². The first-order valence-electron chi connectivity index (χ1n) is 6.18. The van der Waals surface area contributed by atoms with Crippen LogP contribution in [0.5, 0.6) is 5.75 Å². The Balaban J connectivity index is 2.91. The standard InChI is InChI=1S/C13H21NO3S/c1-3-4-5-6-7-11-10-12(17-2)8-9-13(11)18(14,15)16/h8-10H,3-7H2,1-2H3,(H2,14,15,16). The van der Waals surface area contributed by atoms with Crippen molar-refractivity contribution >= 4 is 10.0 Å². The smallest absolute Gasteiger partial charge is 0.238 e. The number of hydrogen-bond acceptors (Lipinski definition) is 3. The van der Waals surface area contributed by atoms with Crippen LogP contribution in [0.25, 0.3) is 0 Å². The zero-order chi connectivity index (χ0) is 13.6. The fourth-order valence-electron chi connectivity index (χ4n) is 1.90. The molecule has 0 aliphatic rings. The molecule has 5 heteroatoms. The van der Waals surface area contributed by atoms with Crippen molar-refractivity contribution in [3.05, 3.63) is 23.8 Å². The van der Waals surface area contributed by atoms with E-state index in [4.69, 9.17) is 9.88 Å². The second-order valence-electron chi connectivity index (χ2n) is 4.33. The van der Waals surface area contributed by atoms with E-state index in [9.17, 15) is 8.42 Å². The molecule has 0 amide bonds. The average Bonchev–Trinajstić information content (AvgIpc) is 2.33. The minimum absolute atomic E-state index is 0.208. The number of methoxy groups -OCH3 is 1.